The molecule has 0 N–H and O–H groups in total. The molecular formula is C42H37NO. The van der Waals surface area contributed by atoms with E-state index in [0.717, 1.165) is 34.8 Å². The molecule has 5 aromatic carbocycles. The van der Waals surface area contributed by atoms with Crippen molar-refractivity contribution in [2.45, 2.75) is 51.4 Å². The zero-order valence-electron chi connectivity index (χ0n) is 25.5. The summed E-state index contributed by atoms with van der Waals surface area (Å²) in [6.45, 7) is 4.43. The molecule has 2 nitrogen and oxygen atoms in total. The first kappa shape index (κ1) is 25.1. The zero-order valence-corrected chi connectivity index (χ0v) is 25.5. The molecule has 4 saturated carbocycles. The molecule has 0 atom stereocenters. The summed E-state index contributed by atoms with van der Waals surface area (Å²) in [5, 5.41) is 2.34. The van der Waals surface area contributed by atoms with Crippen LogP contribution in [0.1, 0.15) is 54.4 Å². The van der Waals surface area contributed by atoms with Gasteiger partial charge in [-0.25, -0.2) is 0 Å². The molecule has 0 unspecified atom stereocenters. The Morgan fingerprint density at radius 2 is 1.27 bits per heavy atom. The normalized spacial score (nSPS) is 26.0. The van der Waals surface area contributed by atoms with E-state index in [0.29, 0.717) is 0 Å². The molecule has 44 heavy (non-hydrogen) atoms. The number of anilines is 3. The lowest BCUT2D eigenvalue weighted by Crippen LogP contribution is -2.55. The topological polar surface area (TPSA) is 16.4 Å². The number of fused-ring (bicyclic) bond motifs is 6. The minimum atomic E-state index is 0.137. The third-order valence-electron chi connectivity index (χ3n) is 11.9. The molecule has 5 aliphatic carbocycles. The van der Waals surface area contributed by atoms with Crippen molar-refractivity contribution in [1.82, 2.24) is 0 Å². The van der Waals surface area contributed by atoms with E-state index >= 15 is 0 Å². The van der Waals surface area contributed by atoms with Crippen LogP contribution < -0.4 is 4.90 Å². The monoisotopic (exact) mass is 571 g/mol. The summed E-state index contributed by atoms with van der Waals surface area (Å²) in [6, 6.07) is 38.8. The number of furan rings is 1. The SMILES string of the molecule is Cc1cc(C)cc(N(c2ccc3c(c2)C2(c4ccccc4-3)C3CC4CC(C3)CC2C4)c2cccc3oc4ccccc4c23)c1. The highest BCUT2D eigenvalue weighted by atomic mass is 16.3. The number of benzene rings is 5. The number of hydrogen-bond donors (Lipinski definition) is 0. The van der Waals surface area contributed by atoms with Gasteiger partial charge in [-0.2, -0.15) is 0 Å². The highest BCUT2D eigenvalue weighted by molar-refractivity contribution is 6.13. The van der Waals surface area contributed by atoms with Gasteiger partial charge >= 0.3 is 0 Å². The van der Waals surface area contributed by atoms with E-state index in [4.69, 9.17) is 4.42 Å². The average molecular weight is 572 g/mol. The van der Waals surface area contributed by atoms with Crippen LogP contribution in [0.15, 0.2) is 108 Å². The molecule has 0 radical (unpaired) electrons. The van der Waals surface area contributed by atoms with E-state index in [1.807, 2.05) is 0 Å². The van der Waals surface area contributed by atoms with E-state index in [1.165, 1.54) is 82.2 Å². The van der Waals surface area contributed by atoms with Crippen LogP contribution in [0, 0.1) is 37.5 Å². The molecule has 216 valence electrons. The molecule has 1 aromatic heterocycles. The van der Waals surface area contributed by atoms with E-state index in [-0.39, 0.29) is 5.41 Å². The smallest absolute Gasteiger partial charge is 0.137 e. The van der Waals surface area contributed by atoms with Crippen LogP contribution in [0.4, 0.5) is 17.1 Å². The number of rotatable bonds is 3. The lowest BCUT2D eigenvalue weighted by molar-refractivity contribution is -0.0399. The van der Waals surface area contributed by atoms with Crippen molar-refractivity contribution in [3.8, 4) is 11.1 Å². The van der Waals surface area contributed by atoms with Crippen molar-refractivity contribution in [2.75, 3.05) is 4.90 Å². The summed E-state index contributed by atoms with van der Waals surface area (Å²) in [5.74, 6) is 3.35. The summed E-state index contributed by atoms with van der Waals surface area (Å²) in [6.07, 6.45) is 7.05. The Balaban J connectivity index is 1.25. The fourth-order valence-electron chi connectivity index (χ4n) is 10.7. The van der Waals surface area contributed by atoms with Gasteiger partial charge in [-0.05, 0) is 145 Å². The summed E-state index contributed by atoms with van der Waals surface area (Å²) < 4.78 is 6.41. The van der Waals surface area contributed by atoms with Gasteiger partial charge in [0.2, 0.25) is 0 Å². The maximum atomic E-state index is 6.41. The fourth-order valence-corrected chi connectivity index (χ4v) is 10.7. The van der Waals surface area contributed by atoms with Gasteiger partial charge in [-0.1, -0.05) is 60.7 Å². The van der Waals surface area contributed by atoms with Crippen LogP contribution in [-0.2, 0) is 5.41 Å². The van der Waals surface area contributed by atoms with Gasteiger partial charge in [-0.3, -0.25) is 0 Å². The van der Waals surface area contributed by atoms with E-state index in [2.05, 4.69) is 122 Å². The molecule has 5 aliphatic rings. The first-order valence-corrected chi connectivity index (χ1v) is 16.6. The van der Waals surface area contributed by atoms with Crippen molar-refractivity contribution >= 4 is 39.0 Å². The lowest BCUT2D eigenvalue weighted by Gasteiger charge is -2.61. The molecule has 0 aliphatic heterocycles. The third kappa shape index (κ3) is 3.27. The molecule has 1 spiro atoms. The van der Waals surface area contributed by atoms with Crippen molar-refractivity contribution in [1.29, 1.82) is 0 Å². The van der Waals surface area contributed by atoms with Crippen LogP contribution >= 0.6 is 0 Å². The second-order valence-corrected chi connectivity index (χ2v) is 14.4. The lowest BCUT2D eigenvalue weighted by atomic mass is 9.43. The van der Waals surface area contributed by atoms with Crippen molar-refractivity contribution < 1.29 is 4.42 Å². The second-order valence-electron chi connectivity index (χ2n) is 14.4. The van der Waals surface area contributed by atoms with E-state index in [1.54, 1.807) is 11.1 Å². The van der Waals surface area contributed by atoms with Crippen LogP contribution in [0.3, 0.4) is 0 Å². The standard InChI is InChI=1S/C42H37NO/c1-25-16-26(2)18-32(17-25)43(38-11-7-13-40-41(38)35-9-4-6-12-39(35)44-40)31-14-15-34-33-8-3-5-10-36(33)42(37(34)24-31)29-20-27-19-28(22-29)23-30(42)21-27/h3-18,24,27-30H,19-23H2,1-2H3. The first-order chi connectivity index (χ1) is 21.6. The molecule has 4 bridgehead atoms. The maximum absolute atomic E-state index is 6.41. The largest absolute Gasteiger partial charge is 0.456 e. The van der Waals surface area contributed by atoms with Crippen LogP contribution in [0.25, 0.3) is 33.1 Å². The van der Waals surface area contributed by atoms with Crippen molar-refractivity contribution in [3.63, 3.8) is 0 Å². The quantitative estimate of drug-likeness (QED) is 0.210. The van der Waals surface area contributed by atoms with Gasteiger partial charge in [0.05, 0.1) is 11.1 Å². The molecule has 0 saturated heterocycles. The van der Waals surface area contributed by atoms with Crippen molar-refractivity contribution in [2.24, 2.45) is 23.7 Å². The van der Waals surface area contributed by atoms with Gasteiger partial charge in [0.15, 0.2) is 0 Å². The number of para-hydroxylation sites is 1. The summed E-state index contributed by atoms with van der Waals surface area (Å²) >= 11 is 0. The Labute approximate surface area is 259 Å². The average Bonchev–Trinajstić information content (AvgIpc) is 3.54. The van der Waals surface area contributed by atoms with E-state index < -0.39 is 0 Å². The number of aryl methyl sites for hydroxylation is 2. The molecule has 4 fully saturated rings. The molecule has 11 rings (SSSR count). The first-order valence-electron chi connectivity index (χ1n) is 16.6. The summed E-state index contributed by atoms with van der Waals surface area (Å²) in [7, 11) is 0. The van der Waals surface area contributed by atoms with Gasteiger partial charge in [0.1, 0.15) is 11.2 Å². The van der Waals surface area contributed by atoms with Crippen molar-refractivity contribution in [3.05, 3.63) is 125 Å². The predicted octanol–water partition coefficient (Wildman–Crippen LogP) is 11.4. The van der Waals surface area contributed by atoms with Gasteiger partial charge in [0, 0.05) is 22.2 Å². The predicted molar refractivity (Wildman–Crippen MR) is 181 cm³/mol. The highest BCUT2D eigenvalue weighted by Gasteiger charge is 2.61. The van der Waals surface area contributed by atoms with Crippen LogP contribution in [0.2, 0.25) is 0 Å². The second kappa shape index (κ2) is 8.88. The minimum Gasteiger partial charge on any atom is -0.456 e. The third-order valence-corrected chi connectivity index (χ3v) is 11.9. The Bertz CT molecular complexity index is 2080. The van der Waals surface area contributed by atoms with E-state index in [9.17, 15) is 0 Å². The number of hydrogen-bond acceptors (Lipinski definition) is 2. The Morgan fingerprint density at radius 1 is 0.591 bits per heavy atom. The molecule has 6 aromatic rings. The number of nitrogens with zero attached hydrogens (tertiary/aromatic N) is 1. The highest BCUT2D eigenvalue weighted by Crippen LogP contribution is 2.69. The Morgan fingerprint density at radius 3 is 2.07 bits per heavy atom. The van der Waals surface area contributed by atoms with Crippen LogP contribution in [-0.4, -0.2) is 0 Å². The zero-order chi connectivity index (χ0) is 29.2. The molecule has 0 amide bonds. The summed E-state index contributed by atoms with van der Waals surface area (Å²) in [4.78, 5) is 2.51. The Kier molecular flexibility index (Phi) is 5.06. The van der Waals surface area contributed by atoms with Gasteiger partial charge in [-0.15, -0.1) is 0 Å². The molecule has 1 heterocycles. The maximum Gasteiger partial charge on any atom is 0.137 e. The minimum absolute atomic E-state index is 0.137. The molecule has 2 heteroatoms. The van der Waals surface area contributed by atoms with Gasteiger partial charge in [0.25, 0.3) is 0 Å². The van der Waals surface area contributed by atoms with Gasteiger partial charge < -0.3 is 9.32 Å². The van der Waals surface area contributed by atoms with Crippen LogP contribution in [0.5, 0.6) is 0 Å². The molecular weight excluding hydrogens is 534 g/mol. The Hall–Kier alpha value is -4.30. The summed E-state index contributed by atoms with van der Waals surface area (Å²) in [5.41, 5.74) is 14.3. The fraction of sp³-hybridized carbons (Fsp3) is 0.286.